The highest BCUT2D eigenvalue weighted by molar-refractivity contribution is 7.48. The van der Waals surface area contributed by atoms with Gasteiger partial charge in [-0.05, 0) is 64.2 Å². The maximum Gasteiger partial charge on any atom is 0.530 e. The van der Waals surface area contributed by atoms with Crippen LogP contribution in [0.15, 0.2) is 24.3 Å². The van der Waals surface area contributed by atoms with Crippen LogP contribution < -0.4 is 5.73 Å². The van der Waals surface area contributed by atoms with Crippen LogP contribution in [0.25, 0.3) is 0 Å². The van der Waals surface area contributed by atoms with Gasteiger partial charge in [0.2, 0.25) is 5.60 Å². The lowest BCUT2D eigenvalue weighted by Crippen LogP contribution is -2.58. The molecule has 0 aromatic carbocycles. The maximum atomic E-state index is 13.5. The molecule has 316 valence electrons. The number of aliphatic hydroxyl groups excluding tert-OH is 2. The van der Waals surface area contributed by atoms with Crippen LogP contribution in [-0.2, 0) is 28.0 Å². The Morgan fingerprint density at radius 3 is 1.26 bits per heavy atom. The molecule has 0 rings (SSSR count). The van der Waals surface area contributed by atoms with E-state index in [1.807, 2.05) is 0 Å². The fraction of sp³-hybridized carbons (Fsp3) is 0.833. The van der Waals surface area contributed by atoms with Gasteiger partial charge in [0.15, 0.2) is 11.6 Å². The van der Waals surface area contributed by atoms with Gasteiger partial charge in [-0.25, -0.2) is 9.36 Å². The molecule has 0 spiro atoms. The third-order valence-electron chi connectivity index (χ3n) is 9.78. The monoisotopic (exact) mass is 788 g/mol. The zero-order chi connectivity index (χ0) is 40.3. The Kier molecular flexibility index (Phi) is 33.4. The number of phosphoric acid groups is 1. The summed E-state index contributed by atoms with van der Waals surface area (Å²) < 4.78 is 21.9. The standard InChI is InChI=1S/C42H78NO10P/c1-3-5-7-9-11-13-15-17-19-21-23-25-27-29-31-33-38(46)42(49,40(36-45)52-54(50,51)53-41(48)37(43)35-44)39(47)34-32-30-28-26-24-22-20-18-16-14-12-10-8-6-4-2/h17-20,37,40,44-45,49H,3-16,21-36,43H2,1-2H3,(H,50,51)/b19-17-,20-18-/t37-,40-/m0/s1. The lowest BCUT2D eigenvalue weighted by atomic mass is 9.82. The summed E-state index contributed by atoms with van der Waals surface area (Å²) in [4.78, 5) is 49.0. The highest BCUT2D eigenvalue weighted by atomic mass is 31.2. The second kappa shape index (κ2) is 34.5. The number of phosphoric ester groups is 1. The quantitative estimate of drug-likeness (QED) is 0.0173. The first kappa shape index (κ1) is 52.3. The lowest BCUT2D eigenvalue weighted by molar-refractivity contribution is -0.165. The van der Waals surface area contributed by atoms with Crippen molar-refractivity contribution in [3.8, 4) is 0 Å². The molecule has 0 aliphatic heterocycles. The number of rotatable bonds is 39. The number of hydrogen-bond acceptors (Lipinski definition) is 10. The van der Waals surface area contributed by atoms with Crippen LogP contribution in [0.5, 0.6) is 0 Å². The van der Waals surface area contributed by atoms with Gasteiger partial charge in [0.1, 0.15) is 12.1 Å². The Bertz CT molecular complexity index is 1010. The number of allylic oxidation sites excluding steroid dienone is 4. The van der Waals surface area contributed by atoms with Gasteiger partial charge in [-0.1, -0.05) is 141 Å². The predicted octanol–water partition coefficient (Wildman–Crippen LogP) is 9.27. The van der Waals surface area contributed by atoms with Gasteiger partial charge in [-0.15, -0.1) is 0 Å². The summed E-state index contributed by atoms with van der Waals surface area (Å²) in [7, 11) is -5.37. The van der Waals surface area contributed by atoms with Gasteiger partial charge in [0, 0.05) is 12.8 Å². The van der Waals surface area contributed by atoms with Crippen LogP contribution in [-0.4, -0.2) is 68.7 Å². The third kappa shape index (κ3) is 26.2. The van der Waals surface area contributed by atoms with Crippen molar-refractivity contribution in [2.75, 3.05) is 13.2 Å². The summed E-state index contributed by atoms with van der Waals surface area (Å²) in [5.41, 5.74) is 2.41. The third-order valence-corrected chi connectivity index (χ3v) is 10.7. The number of ketones is 2. The number of carbonyl (C=O) groups is 3. The van der Waals surface area contributed by atoms with Crippen molar-refractivity contribution in [2.45, 2.75) is 211 Å². The zero-order valence-electron chi connectivity index (χ0n) is 33.9. The van der Waals surface area contributed by atoms with E-state index in [-0.39, 0.29) is 12.8 Å². The van der Waals surface area contributed by atoms with Crippen molar-refractivity contribution < 1.29 is 48.2 Å². The summed E-state index contributed by atoms with van der Waals surface area (Å²) in [6.07, 6.45) is 33.7. The summed E-state index contributed by atoms with van der Waals surface area (Å²) >= 11 is 0. The zero-order valence-corrected chi connectivity index (χ0v) is 34.8. The van der Waals surface area contributed by atoms with E-state index in [9.17, 15) is 34.1 Å². The number of carbonyl (C=O) groups excluding carboxylic acids is 3. The average molecular weight is 788 g/mol. The average Bonchev–Trinajstić information content (AvgIpc) is 3.15. The topological polar surface area (TPSA) is 194 Å². The molecule has 3 atom stereocenters. The minimum absolute atomic E-state index is 0.211. The minimum atomic E-state index is -5.37. The molecular weight excluding hydrogens is 709 g/mol. The van der Waals surface area contributed by atoms with Crippen molar-refractivity contribution >= 4 is 25.4 Å². The molecule has 0 saturated carbocycles. The molecule has 0 saturated heterocycles. The summed E-state index contributed by atoms with van der Waals surface area (Å²) in [6, 6.07) is -1.65. The number of hydrogen-bond donors (Lipinski definition) is 5. The Morgan fingerprint density at radius 1 is 0.593 bits per heavy atom. The van der Waals surface area contributed by atoms with Gasteiger partial charge in [0.25, 0.3) is 0 Å². The van der Waals surface area contributed by atoms with Crippen LogP contribution in [0.4, 0.5) is 0 Å². The predicted molar refractivity (Wildman–Crippen MR) is 217 cm³/mol. The Hall–Kier alpha value is -1.72. The fourth-order valence-corrected chi connectivity index (χ4v) is 7.23. The largest absolute Gasteiger partial charge is 0.530 e. The molecule has 12 heteroatoms. The molecule has 11 nitrogen and oxygen atoms in total. The van der Waals surface area contributed by atoms with E-state index < -0.39 is 56.3 Å². The van der Waals surface area contributed by atoms with Crippen molar-refractivity contribution in [1.29, 1.82) is 0 Å². The normalized spacial score (nSPS) is 14.4. The fourth-order valence-electron chi connectivity index (χ4n) is 6.29. The lowest BCUT2D eigenvalue weighted by Gasteiger charge is -2.33. The van der Waals surface area contributed by atoms with Gasteiger partial charge in [-0.2, -0.15) is 0 Å². The first-order chi connectivity index (χ1) is 26.0. The second-order valence-corrected chi connectivity index (χ2v) is 16.1. The molecule has 0 aliphatic carbocycles. The summed E-state index contributed by atoms with van der Waals surface area (Å²) in [5, 5.41) is 30.7. The van der Waals surface area contributed by atoms with E-state index in [1.165, 1.54) is 77.0 Å². The van der Waals surface area contributed by atoms with E-state index in [1.54, 1.807) is 0 Å². The molecule has 0 fully saturated rings. The summed E-state index contributed by atoms with van der Waals surface area (Å²) in [5.74, 6) is -3.34. The molecule has 0 bridgehead atoms. The van der Waals surface area contributed by atoms with Gasteiger partial charge >= 0.3 is 13.8 Å². The van der Waals surface area contributed by atoms with Crippen LogP contribution in [0.1, 0.15) is 194 Å². The van der Waals surface area contributed by atoms with Crippen LogP contribution in [0.3, 0.4) is 0 Å². The van der Waals surface area contributed by atoms with E-state index in [4.69, 9.17) is 15.4 Å². The highest BCUT2D eigenvalue weighted by Crippen LogP contribution is 2.47. The number of Topliss-reactive ketones (excluding diaryl/α,β-unsaturated/α-hetero) is 2. The second-order valence-electron chi connectivity index (χ2n) is 14.7. The molecule has 0 aromatic heterocycles. The van der Waals surface area contributed by atoms with Crippen molar-refractivity contribution in [2.24, 2.45) is 5.73 Å². The molecule has 0 radical (unpaired) electrons. The molecule has 1 unspecified atom stereocenters. The van der Waals surface area contributed by atoms with E-state index in [2.05, 4.69) is 42.7 Å². The first-order valence-electron chi connectivity index (χ1n) is 21.3. The molecule has 0 aliphatic rings. The maximum absolute atomic E-state index is 13.5. The molecule has 0 heterocycles. The number of aliphatic hydroxyl groups is 3. The van der Waals surface area contributed by atoms with Gasteiger partial charge in [-0.3, -0.25) is 19.0 Å². The smallest absolute Gasteiger partial charge is 0.394 e. The van der Waals surface area contributed by atoms with E-state index in [0.29, 0.717) is 25.7 Å². The number of unbranched alkanes of at least 4 members (excludes halogenated alkanes) is 22. The Labute approximate surface area is 327 Å². The van der Waals surface area contributed by atoms with Crippen LogP contribution >= 0.6 is 7.82 Å². The van der Waals surface area contributed by atoms with Crippen molar-refractivity contribution in [3.05, 3.63) is 24.3 Å². The van der Waals surface area contributed by atoms with Crippen LogP contribution in [0.2, 0.25) is 0 Å². The molecule has 54 heavy (non-hydrogen) atoms. The molecule has 0 aromatic rings. The van der Waals surface area contributed by atoms with Gasteiger partial charge in [0.05, 0.1) is 13.2 Å². The van der Waals surface area contributed by atoms with Crippen molar-refractivity contribution in [1.82, 2.24) is 0 Å². The van der Waals surface area contributed by atoms with E-state index in [0.717, 1.165) is 64.2 Å². The minimum Gasteiger partial charge on any atom is -0.394 e. The molecule has 6 N–H and O–H groups in total. The SMILES string of the molecule is CCCCCCCC/C=C\CCCCCCCC(=O)C(O)(C(=O)CCCCCCC/C=C\CCCCCCCC)[C@H](CO)OP(=O)(O)OC(=O)[C@@H](N)CO. The summed E-state index contributed by atoms with van der Waals surface area (Å²) in [6.45, 7) is 2.38. The Morgan fingerprint density at radius 2 is 0.926 bits per heavy atom. The number of nitrogens with two attached hydrogens (primary N) is 1. The van der Waals surface area contributed by atoms with Crippen LogP contribution in [0, 0.1) is 0 Å². The van der Waals surface area contributed by atoms with Crippen molar-refractivity contribution in [3.63, 3.8) is 0 Å². The molecule has 0 amide bonds. The first-order valence-corrected chi connectivity index (χ1v) is 22.8. The van der Waals surface area contributed by atoms with E-state index >= 15 is 0 Å². The molecular formula is C42H78NO10P. The Balaban J connectivity index is 4.95. The van der Waals surface area contributed by atoms with Gasteiger partial charge < -0.3 is 25.6 Å². The highest BCUT2D eigenvalue weighted by Gasteiger charge is 2.52.